The third-order valence-corrected chi connectivity index (χ3v) is 10.2. The molecule has 34 heavy (non-hydrogen) atoms. The van der Waals surface area contributed by atoms with E-state index < -0.39 is 25.3 Å². The predicted octanol–water partition coefficient (Wildman–Crippen LogP) is 4.57. The van der Waals surface area contributed by atoms with Crippen LogP contribution in [0.5, 0.6) is 0 Å². The molecule has 184 valence electrons. The minimum Gasteiger partial charge on any atom is -0.358 e. The molecule has 4 rings (SSSR count). The van der Waals surface area contributed by atoms with Crippen LogP contribution in [0, 0.1) is 0 Å². The van der Waals surface area contributed by atoms with Crippen LogP contribution < -0.4 is 14.3 Å². The largest absolute Gasteiger partial charge is 0.358 e. The number of halogens is 2. The first-order valence-corrected chi connectivity index (χ1v) is 14.7. The SMILES string of the molecule is CCCN(c1ccc(S(=O)(=O)Nc2ccc(Cl)c3c(Cl)c[nH]c23)cc1)S(=O)(=O)C1CCNCC1. The number of nitrogens with zero attached hydrogens (tertiary/aromatic N) is 1. The molecule has 3 N–H and O–H groups in total. The van der Waals surface area contributed by atoms with Crippen molar-refractivity contribution in [3.63, 3.8) is 0 Å². The number of nitrogens with one attached hydrogen (secondary N) is 3. The van der Waals surface area contributed by atoms with Crippen molar-refractivity contribution >= 4 is 65.5 Å². The van der Waals surface area contributed by atoms with Crippen molar-refractivity contribution < 1.29 is 16.8 Å². The molecule has 8 nitrogen and oxygen atoms in total. The maximum absolute atomic E-state index is 13.3. The molecule has 1 aliphatic heterocycles. The number of rotatable bonds is 8. The maximum atomic E-state index is 13.3. The summed E-state index contributed by atoms with van der Waals surface area (Å²) in [6.07, 6.45) is 3.28. The molecule has 0 amide bonds. The van der Waals surface area contributed by atoms with Crippen molar-refractivity contribution in [1.82, 2.24) is 10.3 Å². The lowest BCUT2D eigenvalue weighted by Crippen LogP contribution is -2.44. The van der Waals surface area contributed by atoms with Gasteiger partial charge in [0.25, 0.3) is 10.0 Å². The van der Waals surface area contributed by atoms with E-state index in [0.717, 1.165) is 0 Å². The molecule has 0 unspecified atom stereocenters. The summed E-state index contributed by atoms with van der Waals surface area (Å²) in [6, 6.07) is 9.01. The highest BCUT2D eigenvalue weighted by molar-refractivity contribution is 7.93. The van der Waals surface area contributed by atoms with Gasteiger partial charge in [-0.15, -0.1) is 0 Å². The highest BCUT2D eigenvalue weighted by Crippen LogP contribution is 2.35. The van der Waals surface area contributed by atoms with Gasteiger partial charge in [0.1, 0.15) is 0 Å². The Labute approximate surface area is 209 Å². The van der Waals surface area contributed by atoms with Gasteiger partial charge in [-0.25, -0.2) is 16.8 Å². The summed E-state index contributed by atoms with van der Waals surface area (Å²) in [6.45, 7) is 3.56. The molecule has 0 atom stereocenters. The van der Waals surface area contributed by atoms with E-state index in [9.17, 15) is 16.8 Å². The van der Waals surface area contributed by atoms with Gasteiger partial charge in [0.2, 0.25) is 10.0 Å². The Balaban J connectivity index is 1.61. The number of piperidine rings is 1. The Bertz CT molecular complexity index is 1380. The van der Waals surface area contributed by atoms with Gasteiger partial charge < -0.3 is 10.3 Å². The molecular formula is C22H26Cl2N4O4S2. The molecule has 12 heteroatoms. The molecule has 1 aromatic heterocycles. The number of aromatic nitrogens is 1. The van der Waals surface area contributed by atoms with Crippen LogP contribution in [0.15, 0.2) is 47.5 Å². The van der Waals surface area contributed by atoms with Crippen LogP contribution in [0.3, 0.4) is 0 Å². The first kappa shape index (κ1) is 25.1. The van der Waals surface area contributed by atoms with Gasteiger partial charge in [0, 0.05) is 18.1 Å². The van der Waals surface area contributed by atoms with E-state index in [0.29, 0.717) is 71.2 Å². The summed E-state index contributed by atoms with van der Waals surface area (Å²) in [7, 11) is -7.51. The van der Waals surface area contributed by atoms with Crippen LogP contribution in [-0.4, -0.2) is 46.7 Å². The number of H-pyrrole nitrogens is 1. The summed E-state index contributed by atoms with van der Waals surface area (Å²) in [5, 5.41) is 4.04. The van der Waals surface area contributed by atoms with Crippen molar-refractivity contribution in [2.45, 2.75) is 36.3 Å². The van der Waals surface area contributed by atoms with E-state index in [4.69, 9.17) is 23.2 Å². The Hall–Kier alpha value is -1.98. The molecule has 0 radical (unpaired) electrons. The quantitative estimate of drug-likeness (QED) is 0.384. The molecule has 1 aliphatic rings. The van der Waals surface area contributed by atoms with E-state index in [2.05, 4.69) is 15.0 Å². The van der Waals surface area contributed by atoms with Crippen LogP contribution in [0.1, 0.15) is 26.2 Å². The van der Waals surface area contributed by atoms with E-state index in [-0.39, 0.29) is 4.90 Å². The zero-order valence-corrected chi connectivity index (χ0v) is 21.7. The van der Waals surface area contributed by atoms with Crippen LogP contribution in [0.4, 0.5) is 11.4 Å². The van der Waals surface area contributed by atoms with Gasteiger partial charge >= 0.3 is 0 Å². The van der Waals surface area contributed by atoms with Crippen LogP contribution in [-0.2, 0) is 20.0 Å². The van der Waals surface area contributed by atoms with Crippen LogP contribution >= 0.6 is 23.2 Å². The lowest BCUT2D eigenvalue weighted by molar-refractivity contribution is 0.494. The highest BCUT2D eigenvalue weighted by atomic mass is 35.5. The van der Waals surface area contributed by atoms with E-state index in [1.165, 1.54) is 34.8 Å². The Morgan fingerprint density at radius 3 is 2.32 bits per heavy atom. The van der Waals surface area contributed by atoms with E-state index in [1.54, 1.807) is 12.1 Å². The van der Waals surface area contributed by atoms with Gasteiger partial charge in [-0.2, -0.15) is 0 Å². The number of hydrogen-bond acceptors (Lipinski definition) is 5. The third-order valence-electron chi connectivity index (χ3n) is 5.86. The summed E-state index contributed by atoms with van der Waals surface area (Å²) in [5.41, 5.74) is 1.22. The zero-order valence-electron chi connectivity index (χ0n) is 18.5. The van der Waals surface area contributed by atoms with Crippen molar-refractivity contribution in [2.24, 2.45) is 0 Å². The minimum absolute atomic E-state index is 0.00714. The van der Waals surface area contributed by atoms with Gasteiger partial charge in [-0.3, -0.25) is 9.03 Å². The van der Waals surface area contributed by atoms with Crippen molar-refractivity contribution in [2.75, 3.05) is 28.7 Å². The molecule has 0 spiro atoms. The molecule has 2 aromatic carbocycles. The average Bonchev–Trinajstić information content (AvgIpc) is 3.22. The lowest BCUT2D eigenvalue weighted by atomic mass is 10.2. The van der Waals surface area contributed by atoms with Gasteiger partial charge in [-0.1, -0.05) is 30.1 Å². The smallest absolute Gasteiger partial charge is 0.261 e. The zero-order chi connectivity index (χ0) is 24.5. The molecule has 0 saturated carbocycles. The number of aromatic amines is 1. The number of sulfonamides is 2. The minimum atomic E-state index is -3.95. The second kappa shape index (κ2) is 9.94. The summed E-state index contributed by atoms with van der Waals surface area (Å²) in [5.74, 6) is 0. The summed E-state index contributed by atoms with van der Waals surface area (Å²) < 4.78 is 56.7. The summed E-state index contributed by atoms with van der Waals surface area (Å²) >= 11 is 12.3. The fraction of sp³-hybridized carbons (Fsp3) is 0.364. The van der Waals surface area contributed by atoms with Gasteiger partial charge in [-0.05, 0) is 68.8 Å². The van der Waals surface area contributed by atoms with E-state index in [1.807, 2.05) is 6.92 Å². The second-order valence-electron chi connectivity index (χ2n) is 8.15. The fourth-order valence-corrected chi connectivity index (χ4v) is 7.80. The second-order valence-corrected chi connectivity index (χ2v) is 12.8. The molecule has 0 aliphatic carbocycles. The van der Waals surface area contributed by atoms with Gasteiger partial charge in [0.15, 0.2) is 0 Å². The molecule has 0 bridgehead atoms. The molecular weight excluding hydrogens is 519 g/mol. The number of hydrogen-bond donors (Lipinski definition) is 3. The first-order valence-electron chi connectivity index (χ1n) is 11.0. The molecule has 3 aromatic rings. The van der Waals surface area contributed by atoms with E-state index >= 15 is 0 Å². The normalized spacial score (nSPS) is 15.5. The molecule has 1 fully saturated rings. The number of benzene rings is 2. The average molecular weight is 546 g/mol. The number of anilines is 2. The highest BCUT2D eigenvalue weighted by Gasteiger charge is 2.33. The fourth-order valence-electron chi connectivity index (χ4n) is 4.13. The summed E-state index contributed by atoms with van der Waals surface area (Å²) in [4.78, 5) is 2.94. The monoisotopic (exact) mass is 544 g/mol. The number of fused-ring (bicyclic) bond motifs is 1. The predicted molar refractivity (Wildman–Crippen MR) is 138 cm³/mol. The van der Waals surface area contributed by atoms with Crippen molar-refractivity contribution in [3.8, 4) is 0 Å². The Morgan fingerprint density at radius 2 is 1.68 bits per heavy atom. The lowest BCUT2D eigenvalue weighted by Gasteiger charge is -2.31. The molecule has 1 saturated heterocycles. The van der Waals surface area contributed by atoms with Crippen molar-refractivity contribution in [3.05, 3.63) is 52.6 Å². The Morgan fingerprint density at radius 1 is 1.00 bits per heavy atom. The van der Waals surface area contributed by atoms with Crippen molar-refractivity contribution in [1.29, 1.82) is 0 Å². The van der Waals surface area contributed by atoms with Gasteiger partial charge in [0.05, 0.1) is 37.1 Å². The maximum Gasteiger partial charge on any atom is 0.261 e. The Kier molecular flexibility index (Phi) is 7.35. The topological polar surface area (TPSA) is 111 Å². The standard InChI is InChI=1S/C22H26Cl2N4O4S2/c1-2-13-28(34(31,32)17-9-11-25-12-10-17)15-3-5-16(6-4-15)33(29,30)27-20-8-7-18(23)21-19(24)14-26-22(20)21/h3-8,14,17,25-27H,2,9-13H2,1H3. The third kappa shape index (κ3) is 4.87. The molecule has 2 heterocycles. The first-order chi connectivity index (χ1) is 16.1. The van der Waals surface area contributed by atoms with Crippen LogP contribution in [0.25, 0.3) is 10.9 Å². The van der Waals surface area contributed by atoms with Crippen LogP contribution in [0.2, 0.25) is 10.0 Å².